The molecule has 0 bridgehead atoms. The van der Waals surface area contributed by atoms with Gasteiger partial charge in [-0.1, -0.05) is 0 Å². The molecule has 2 heteroatoms. The highest BCUT2D eigenvalue weighted by molar-refractivity contribution is 7.88. The lowest BCUT2D eigenvalue weighted by Gasteiger charge is -2.21. The van der Waals surface area contributed by atoms with Crippen LogP contribution in [0.25, 0.3) is 0 Å². The van der Waals surface area contributed by atoms with Crippen molar-refractivity contribution in [3.63, 3.8) is 0 Å². The van der Waals surface area contributed by atoms with Gasteiger partial charge < -0.3 is 0 Å². The van der Waals surface area contributed by atoms with E-state index in [0.717, 1.165) is 12.8 Å². The maximum absolute atomic E-state index is 11.7. The van der Waals surface area contributed by atoms with Gasteiger partial charge in [-0.3, -0.25) is 4.21 Å². The van der Waals surface area contributed by atoms with Crippen LogP contribution in [0.1, 0.15) is 40.5 Å². The van der Waals surface area contributed by atoms with Gasteiger partial charge in [-0.15, -0.1) is 0 Å². The average Bonchev–Trinajstić information content (AvgIpc) is 1.95. The molecule has 0 aromatic rings. The van der Waals surface area contributed by atoms with E-state index in [0.29, 0.717) is 0 Å². The minimum absolute atomic E-state index is 0.0590. The topological polar surface area (TPSA) is 17.1 Å². The highest BCUT2D eigenvalue weighted by atomic mass is 32.2. The van der Waals surface area contributed by atoms with Crippen LogP contribution in [0.2, 0.25) is 0 Å². The minimum Gasteiger partial charge on any atom is -0.258 e. The molecule has 1 saturated heterocycles. The zero-order valence-corrected chi connectivity index (χ0v) is 8.05. The summed E-state index contributed by atoms with van der Waals surface area (Å²) in [5.41, 5.74) is 0. The maximum atomic E-state index is 11.7. The average molecular weight is 160 g/mol. The molecule has 0 saturated carbocycles. The fraction of sp³-hybridized carbons (Fsp3) is 1.00. The van der Waals surface area contributed by atoms with Gasteiger partial charge in [-0.05, 0) is 40.5 Å². The van der Waals surface area contributed by atoms with Crippen molar-refractivity contribution in [3.05, 3.63) is 0 Å². The molecule has 1 fully saturated rings. The second-order valence-electron chi connectivity index (χ2n) is 4.29. The molecule has 1 nitrogen and oxygen atoms in total. The van der Waals surface area contributed by atoms with Crippen LogP contribution in [-0.2, 0) is 10.8 Å². The van der Waals surface area contributed by atoms with Gasteiger partial charge in [0, 0.05) is 20.3 Å². The van der Waals surface area contributed by atoms with Gasteiger partial charge >= 0.3 is 0 Å². The Bertz CT molecular complexity index is 152. The quantitative estimate of drug-likeness (QED) is 0.530. The van der Waals surface area contributed by atoms with Crippen molar-refractivity contribution in [2.45, 2.75) is 50.0 Å². The Balaban J connectivity index is 2.88. The molecule has 0 N–H and O–H groups in total. The van der Waals surface area contributed by atoms with Crippen molar-refractivity contribution >= 4 is 10.8 Å². The van der Waals surface area contributed by atoms with Gasteiger partial charge in [0.1, 0.15) is 0 Å². The Kier molecular flexibility index (Phi) is 1.70. The van der Waals surface area contributed by atoms with E-state index >= 15 is 0 Å². The lowest BCUT2D eigenvalue weighted by Crippen LogP contribution is -2.29. The van der Waals surface area contributed by atoms with Gasteiger partial charge in [0.05, 0.1) is 0 Å². The molecule has 0 aliphatic carbocycles. The summed E-state index contributed by atoms with van der Waals surface area (Å²) in [5.74, 6) is 0. The molecule has 0 amide bonds. The normalized spacial score (nSPS) is 30.8. The Morgan fingerprint density at radius 1 is 1.00 bits per heavy atom. The van der Waals surface area contributed by atoms with E-state index in [1.165, 1.54) is 0 Å². The molecule has 1 aliphatic heterocycles. The van der Waals surface area contributed by atoms with Crippen LogP contribution in [0.3, 0.4) is 0 Å². The summed E-state index contributed by atoms with van der Waals surface area (Å²) in [4.78, 5) is 0. The van der Waals surface area contributed by atoms with Crippen LogP contribution in [0.15, 0.2) is 0 Å². The molecular formula is C8H16OS. The van der Waals surface area contributed by atoms with Crippen LogP contribution < -0.4 is 0 Å². The Hall–Kier alpha value is 0.150. The maximum Gasteiger partial charge on any atom is 0.0409 e. The van der Waals surface area contributed by atoms with Gasteiger partial charge in [-0.25, -0.2) is 0 Å². The van der Waals surface area contributed by atoms with E-state index in [-0.39, 0.29) is 9.49 Å². The summed E-state index contributed by atoms with van der Waals surface area (Å²) >= 11 is 0. The first-order valence-corrected chi connectivity index (χ1v) is 4.93. The SMILES string of the molecule is CC1(C)CCC(C)(C)S1=O. The summed E-state index contributed by atoms with van der Waals surface area (Å²) in [6, 6.07) is 0. The predicted molar refractivity (Wildman–Crippen MR) is 45.5 cm³/mol. The summed E-state index contributed by atoms with van der Waals surface area (Å²) in [5, 5.41) is 0. The van der Waals surface area contributed by atoms with E-state index in [9.17, 15) is 4.21 Å². The zero-order valence-electron chi connectivity index (χ0n) is 7.23. The van der Waals surface area contributed by atoms with Crippen molar-refractivity contribution in [1.29, 1.82) is 0 Å². The van der Waals surface area contributed by atoms with E-state index in [2.05, 4.69) is 27.7 Å². The third-order valence-electron chi connectivity index (χ3n) is 2.33. The highest BCUT2D eigenvalue weighted by Gasteiger charge is 2.44. The minimum atomic E-state index is -0.644. The monoisotopic (exact) mass is 160 g/mol. The molecule has 60 valence electrons. The van der Waals surface area contributed by atoms with Crippen LogP contribution in [0, 0.1) is 0 Å². The molecule has 10 heavy (non-hydrogen) atoms. The molecule has 0 radical (unpaired) electrons. The van der Waals surface area contributed by atoms with Crippen LogP contribution >= 0.6 is 0 Å². The molecule has 0 atom stereocenters. The number of hydrogen-bond donors (Lipinski definition) is 0. The fourth-order valence-corrected chi connectivity index (χ4v) is 3.61. The van der Waals surface area contributed by atoms with Crippen LogP contribution in [0.5, 0.6) is 0 Å². The van der Waals surface area contributed by atoms with Crippen molar-refractivity contribution < 1.29 is 4.21 Å². The van der Waals surface area contributed by atoms with Gasteiger partial charge in [0.2, 0.25) is 0 Å². The van der Waals surface area contributed by atoms with E-state index in [4.69, 9.17) is 0 Å². The molecule has 0 unspecified atom stereocenters. The zero-order chi connectivity index (χ0) is 7.99. The molecule has 1 aliphatic rings. The van der Waals surface area contributed by atoms with Gasteiger partial charge in [0.25, 0.3) is 0 Å². The first-order chi connectivity index (χ1) is 4.36. The predicted octanol–water partition coefficient (Wildman–Crippen LogP) is 2.09. The molecular weight excluding hydrogens is 144 g/mol. The van der Waals surface area contributed by atoms with Crippen molar-refractivity contribution in [2.75, 3.05) is 0 Å². The third kappa shape index (κ3) is 1.14. The van der Waals surface area contributed by atoms with Crippen LogP contribution in [0.4, 0.5) is 0 Å². The van der Waals surface area contributed by atoms with Gasteiger partial charge in [0.15, 0.2) is 0 Å². The second-order valence-corrected chi connectivity index (χ2v) is 7.04. The molecule has 0 aromatic carbocycles. The first-order valence-electron chi connectivity index (χ1n) is 3.78. The van der Waals surface area contributed by atoms with Crippen molar-refractivity contribution in [3.8, 4) is 0 Å². The molecule has 0 spiro atoms. The largest absolute Gasteiger partial charge is 0.258 e. The van der Waals surface area contributed by atoms with Gasteiger partial charge in [-0.2, -0.15) is 0 Å². The first kappa shape index (κ1) is 8.25. The standard InChI is InChI=1S/C8H16OS/c1-7(2)5-6-8(3,4)10(7)9/h5-6H2,1-4H3. The van der Waals surface area contributed by atoms with E-state index < -0.39 is 10.8 Å². The summed E-state index contributed by atoms with van der Waals surface area (Å²) in [7, 11) is -0.644. The lowest BCUT2D eigenvalue weighted by atomic mass is 10.0. The van der Waals surface area contributed by atoms with Crippen molar-refractivity contribution in [1.82, 2.24) is 0 Å². The number of rotatable bonds is 0. The lowest BCUT2D eigenvalue weighted by molar-refractivity contribution is 0.591. The molecule has 1 rings (SSSR count). The Morgan fingerprint density at radius 3 is 1.40 bits per heavy atom. The molecule has 0 aromatic heterocycles. The Labute approximate surface area is 65.7 Å². The van der Waals surface area contributed by atoms with E-state index in [1.54, 1.807) is 0 Å². The molecule has 1 heterocycles. The number of hydrogen-bond acceptors (Lipinski definition) is 1. The van der Waals surface area contributed by atoms with E-state index in [1.807, 2.05) is 0 Å². The second kappa shape index (κ2) is 2.07. The summed E-state index contributed by atoms with van der Waals surface area (Å²) < 4.78 is 11.8. The smallest absolute Gasteiger partial charge is 0.0409 e. The van der Waals surface area contributed by atoms with Crippen molar-refractivity contribution in [2.24, 2.45) is 0 Å². The fourth-order valence-electron chi connectivity index (χ4n) is 1.54. The highest BCUT2D eigenvalue weighted by Crippen LogP contribution is 2.40. The third-order valence-corrected chi connectivity index (χ3v) is 4.75. The van der Waals surface area contributed by atoms with Crippen LogP contribution in [-0.4, -0.2) is 13.7 Å². The summed E-state index contributed by atoms with van der Waals surface area (Å²) in [6.45, 7) is 8.38. The summed E-state index contributed by atoms with van der Waals surface area (Å²) in [6.07, 6.45) is 2.21. The Morgan fingerprint density at radius 2 is 1.30 bits per heavy atom.